The molecule has 1 aromatic heterocycles. The highest BCUT2D eigenvalue weighted by Gasteiger charge is 2.51. The second-order valence-corrected chi connectivity index (χ2v) is 7.13. The lowest BCUT2D eigenvalue weighted by Gasteiger charge is -2.19. The van der Waals surface area contributed by atoms with Gasteiger partial charge in [-0.25, -0.2) is 9.48 Å². The summed E-state index contributed by atoms with van der Waals surface area (Å²) in [6.45, 7) is 0.248. The van der Waals surface area contributed by atoms with E-state index in [-0.39, 0.29) is 30.8 Å². The maximum atomic E-state index is 12.6. The number of nitrogens with zero attached hydrogens (tertiary/aromatic N) is 5. The van der Waals surface area contributed by atoms with Gasteiger partial charge in [-0.3, -0.25) is 14.5 Å². The summed E-state index contributed by atoms with van der Waals surface area (Å²) in [6, 6.07) is 6.76. The predicted octanol–water partition coefficient (Wildman–Crippen LogP) is 1.25. The molecule has 0 radical (unpaired) electrons. The summed E-state index contributed by atoms with van der Waals surface area (Å²) in [5.41, 5.74) is 0.741. The molecule has 4 rings (SSSR count). The van der Waals surface area contributed by atoms with Crippen molar-refractivity contribution in [2.45, 2.75) is 44.1 Å². The number of rotatable bonds is 6. The molecule has 146 valence electrons. The maximum absolute atomic E-state index is 12.6. The van der Waals surface area contributed by atoms with Crippen molar-refractivity contribution in [3.8, 4) is 5.69 Å². The van der Waals surface area contributed by atoms with Crippen molar-refractivity contribution < 1.29 is 14.4 Å². The number of aromatic nitrogens is 4. The number of carbonyl (C=O) groups is 3. The molecule has 1 spiro atoms. The zero-order chi connectivity index (χ0) is 19.6. The van der Waals surface area contributed by atoms with Gasteiger partial charge in [0.25, 0.3) is 5.91 Å². The second-order valence-electron chi connectivity index (χ2n) is 7.13. The Morgan fingerprint density at radius 2 is 1.93 bits per heavy atom. The van der Waals surface area contributed by atoms with Crippen LogP contribution in [0, 0.1) is 0 Å². The molecule has 1 aliphatic carbocycles. The van der Waals surface area contributed by atoms with Crippen LogP contribution >= 0.6 is 0 Å². The molecule has 0 unspecified atom stereocenters. The highest BCUT2D eigenvalue weighted by Crippen LogP contribution is 2.35. The standard InChI is InChI=1S/C18H21N7O3/c26-15(20-13-5-7-14(8-6-13)25-12-19-22-23-25)4-3-11-24-16(27)18(21-17(24)28)9-1-2-10-18/h5-8,12H,1-4,9-11H2,(H,20,26)(H,21,28). The third-order valence-electron chi connectivity index (χ3n) is 5.25. The van der Waals surface area contributed by atoms with Crippen LogP contribution in [-0.2, 0) is 9.59 Å². The second kappa shape index (κ2) is 7.37. The maximum Gasteiger partial charge on any atom is 0.325 e. The Labute approximate surface area is 161 Å². The summed E-state index contributed by atoms with van der Waals surface area (Å²) in [5.74, 6) is -0.314. The van der Waals surface area contributed by atoms with Crippen LogP contribution in [0.2, 0.25) is 0 Å². The SMILES string of the molecule is O=C(CCCN1C(=O)NC2(CCCC2)C1=O)Nc1ccc(-n2cnnn2)cc1. The van der Waals surface area contributed by atoms with Crippen molar-refractivity contribution in [1.29, 1.82) is 0 Å². The first-order valence-corrected chi connectivity index (χ1v) is 9.35. The topological polar surface area (TPSA) is 122 Å². The van der Waals surface area contributed by atoms with Crippen molar-refractivity contribution in [2.75, 3.05) is 11.9 Å². The molecule has 2 aliphatic rings. The third-order valence-corrected chi connectivity index (χ3v) is 5.25. The molecule has 10 heteroatoms. The highest BCUT2D eigenvalue weighted by molar-refractivity contribution is 6.07. The number of anilines is 1. The van der Waals surface area contributed by atoms with Gasteiger partial charge in [0, 0.05) is 18.7 Å². The molecule has 1 saturated heterocycles. The summed E-state index contributed by atoms with van der Waals surface area (Å²) in [4.78, 5) is 38.1. The van der Waals surface area contributed by atoms with Crippen LogP contribution in [-0.4, -0.2) is 55.0 Å². The first-order valence-electron chi connectivity index (χ1n) is 9.35. The van der Waals surface area contributed by atoms with Crippen molar-refractivity contribution in [3.63, 3.8) is 0 Å². The Balaban J connectivity index is 1.26. The predicted molar refractivity (Wildman–Crippen MR) is 98.5 cm³/mol. The Morgan fingerprint density at radius 1 is 1.18 bits per heavy atom. The number of benzene rings is 1. The number of hydrogen-bond acceptors (Lipinski definition) is 6. The van der Waals surface area contributed by atoms with Crippen LogP contribution in [0.15, 0.2) is 30.6 Å². The summed E-state index contributed by atoms with van der Waals surface area (Å²) < 4.78 is 1.51. The smallest absolute Gasteiger partial charge is 0.325 e. The van der Waals surface area contributed by atoms with Gasteiger partial charge in [-0.1, -0.05) is 12.8 Å². The minimum absolute atomic E-state index is 0.145. The number of imide groups is 1. The number of urea groups is 1. The molecular formula is C18H21N7O3. The minimum Gasteiger partial charge on any atom is -0.326 e. The van der Waals surface area contributed by atoms with Gasteiger partial charge in [0.15, 0.2) is 0 Å². The Hall–Kier alpha value is -3.30. The lowest BCUT2D eigenvalue weighted by Crippen LogP contribution is -2.44. The van der Waals surface area contributed by atoms with E-state index in [2.05, 4.69) is 26.2 Å². The fourth-order valence-corrected chi connectivity index (χ4v) is 3.80. The van der Waals surface area contributed by atoms with Gasteiger partial charge in [0.2, 0.25) is 5.91 Å². The molecule has 2 heterocycles. The largest absolute Gasteiger partial charge is 0.326 e. The molecule has 10 nitrogen and oxygen atoms in total. The molecule has 2 aromatic rings. The highest BCUT2D eigenvalue weighted by atomic mass is 16.2. The summed E-state index contributed by atoms with van der Waals surface area (Å²) in [5, 5.41) is 16.6. The van der Waals surface area contributed by atoms with E-state index in [4.69, 9.17) is 0 Å². The monoisotopic (exact) mass is 383 g/mol. The molecule has 1 aliphatic heterocycles. The van der Waals surface area contributed by atoms with E-state index < -0.39 is 5.54 Å². The minimum atomic E-state index is -0.694. The molecule has 2 N–H and O–H groups in total. The van der Waals surface area contributed by atoms with Gasteiger partial charge >= 0.3 is 6.03 Å². The Kier molecular flexibility index (Phi) is 4.76. The normalized spacial score (nSPS) is 17.9. The van der Waals surface area contributed by atoms with E-state index in [0.29, 0.717) is 24.9 Å². The van der Waals surface area contributed by atoms with Gasteiger partial charge < -0.3 is 10.6 Å². The van der Waals surface area contributed by atoms with Crippen LogP contribution in [0.4, 0.5) is 10.5 Å². The first-order chi connectivity index (χ1) is 13.6. The summed E-state index contributed by atoms with van der Waals surface area (Å²) in [7, 11) is 0. The zero-order valence-electron chi connectivity index (χ0n) is 15.3. The van der Waals surface area contributed by atoms with E-state index in [1.807, 2.05) is 0 Å². The number of amides is 4. The van der Waals surface area contributed by atoms with Crippen molar-refractivity contribution in [1.82, 2.24) is 30.4 Å². The van der Waals surface area contributed by atoms with E-state index in [1.54, 1.807) is 24.3 Å². The average molecular weight is 383 g/mol. The summed E-state index contributed by atoms with van der Waals surface area (Å²) >= 11 is 0. The van der Waals surface area contributed by atoms with Crippen LogP contribution in [0.25, 0.3) is 5.69 Å². The van der Waals surface area contributed by atoms with Gasteiger partial charge in [-0.05, 0) is 54.0 Å². The van der Waals surface area contributed by atoms with Gasteiger partial charge in [0.05, 0.1) is 5.69 Å². The molecule has 1 aromatic carbocycles. The van der Waals surface area contributed by atoms with Gasteiger partial charge in [-0.2, -0.15) is 0 Å². The molecule has 2 fully saturated rings. The summed E-state index contributed by atoms with van der Waals surface area (Å²) in [6.07, 6.45) is 5.44. The Bertz CT molecular complexity index is 873. The van der Waals surface area contributed by atoms with Gasteiger partial charge in [0.1, 0.15) is 11.9 Å². The van der Waals surface area contributed by atoms with E-state index in [9.17, 15) is 14.4 Å². The van der Waals surface area contributed by atoms with Crippen LogP contribution in [0.3, 0.4) is 0 Å². The van der Waals surface area contributed by atoms with Crippen LogP contribution < -0.4 is 10.6 Å². The average Bonchev–Trinajstić information content (AvgIpc) is 3.41. The number of nitrogens with one attached hydrogen (secondary N) is 2. The van der Waals surface area contributed by atoms with Crippen molar-refractivity contribution in [2.24, 2.45) is 0 Å². The third kappa shape index (κ3) is 3.45. The number of hydrogen-bond donors (Lipinski definition) is 2. The molecule has 28 heavy (non-hydrogen) atoms. The van der Waals surface area contributed by atoms with E-state index in [1.165, 1.54) is 15.9 Å². The lowest BCUT2D eigenvalue weighted by atomic mass is 9.98. The zero-order valence-corrected chi connectivity index (χ0v) is 15.3. The van der Waals surface area contributed by atoms with Crippen LogP contribution in [0.5, 0.6) is 0 Å². The van der Waals surface area contributed by atoms with Crippen molar-refractivity contribution >= 4 is 23.5 Å². The number of tetrazole rings is 1. The van der Waals surface area contributed by atoms with E-state index in [0.717, 1.165) is 18.5 Å². The first kappa shape index (κ1) is 18.1. The fraction of sp³-hybridized carbons (Fsp3) is 0.444. The molecule has 1 saturated carbocycles. The van der Waals surface area contributed by atoms with Crippen LogP contribution in [0.1, 0.15) is 38.5 Å². The molecule has 4 amide bonds. The molecule has 0 atom stereocenters. The van der Waals surface area contributed by atoms with Crippen molar-refractivity contribution in [3.05, 3.63) is 30.6 Å². The quantitative estimate of drug-likeness (QED) is 0.724. The molecule has 0 bridgehead atoms. The van der Waals surface area contributed by atoms with Gasteiger partial charge in [-0.15, -0.1) is 5.10 Å². The van der Waals surface area contributed by atoms with E-state index >= 15 is 0 Å². The lowest BCUT2D eigenvalue weighted by molar-refractivity contribution is -0.131. The Morgan fingerprint density at radius 3 is 2.61 bits per heavy atom. The number of carbonyl (C=O) groups excluding carboxylic acids is 3. The fourth-order valence-electron chi connectivity index (χ4n) is 3.80. The molecular weight excluding hydrogens is 362 g/mol.